The van der Waals surface area contributed by atoms with Crippen LogP contribution >= 0.6 is 0 Å². The minimum Gasteiger partial charge on any atom is -0.323 e. The highest BCUT2D eigenvalue weighted by Crippen LogP contribution is 2.24. The number of benzene rings is 1. The summed E-state index contributed by atoms with van der Waals surface area (Å²) in [7, 11) is 0. The summed E-state index contributed by atoms with van der Waals surface area (Å²) < 4.78 is 14.4. The maximum absolute atomic E-state index is 14.4. The molecule has 0 spiro atoms. The molecule has 1 aromatic heterocycles. The van der Waals surface area contributed by atoms with Crippen LogP contribution in [-0.2, 0) is 24.2 Å². The molecule has 110 valence electrons. The third-order valence-electron chi connectivity index (χ3n) is 3.58. The number of carbonyl (C=O) groups excluding carboxylic acids is 1. The number of amides is 1. The number of carbonyl (C=O) groups is 1. The standard InChI is InChI=1S/C15H17FN4O/c1-9-6-11(20-19-9)7-14(21)18-13-3-2-10-8-17-5-4-12(10)15(13)16/h2-3,6,17H,4-5,7-8H2,1H3,(H,18,21)(H,19,20). The van der Waals surface area contributed by atoms with Gasteiger partial charge in [0.15, 0.2) is 0 Å². The van der Waals surface area contributed by atoms with Crippen LogP contribution in [0.15, 0.2) is 18.2 Å². The van der Waals surface area contributed by atoms with Crippen molar-refractivity contribution in [1.82, 2.24) is 15.5 Å². The zero-order valence-electron chi connectivity index (χ0n) is 11.8. The molecule has 5 nitrogen and oxygen atoms in total. The van der Waals surface area contributed by atoms with E-state index in [1.54, 1.807) is 12.1 Å². The predicted octanol–water partition coefficient (Wildman–Crippen LogP) is 1.68. The van der Waals surface area contributed by atoms with Crippen LogP contribution in [0, 0.1) is 12.7 Å². The van der Waals surface area contributed by atoms with Crippen LogP contribution in [0.4, 0.5) is 10.1 Å². The van der Waals surface area contributed by atoms with Crippen molar-refractivity contribution in [3.8, 4) is 0 Å². The first kappa shape index (κ1) is 13.8. The van der Waals surface area contributed by atoms with E-state index in [1.807, 2.05) is 13.0 Å². The summed E-state index contributed by atoms with van der Waals surface area (Å²) in [6, 6.07) is 5.28. The molecule has 1 aliphatic rings. The highest BCUT2D eigenvalue weighted by atomic mass is 19.1. The minimum atomic E-state index is -0.319. The van der Waals surface area contributed by atoms with E-state index in [2.05, 4.69) is 20.8 Å². The van der Waals surface area contributed by atoms with Gasteiger partial charge in [-0.1, -0.05) is 6.07 Å². The number of hydrogen-bond acceptors (Lipinski definition) is 3. The van der Waals surface area contributed by atoms with Crippen LogP contribution in [0.3, 0.4) is 0 Å². The first-order chi connectivity index (χ1) is 10.1. The Morgan fingerprint density at radius 3 is 3.10 bits per heavy atom. The number of hydrogen-bond donors (Lipinski definition) is 3. The first-order valence-corrected chi connectivity index (χ1v) is 6.95. The van der Waals surface area contributed by atoms with E-state index in [9.17, 15) is 9.18 Å². The second-order valence-electron chi connectivity index (χ2n) is 5.26. The minimum absolute atomic E-state index is 0.127. The summed E-state index contributed by atoms with van der Waals surface area (Å²) in [6.07, 6.45) is 0.770. The number of H-pyrrole nitrogens is 1. The lowest BCUT2D eigenvalue weighted by molar-refractivity contribution is -0.115. The maximum Gasteiger partial charge on any atom is 0.230 e. The Balaban J connectivity index is 1.74. The molecule has 1 aliphatic heterocycles. The fourth-order valence-electron chi connectivity index (χ4n) is 2.55. The first-order valence-electron chi connectivity index (χ1n) is 6.95. The quantitative estimate of drug-likeness (QED) is 0.805. The van der Waals surface area contributed by atoms with E-state index in [-0.39, 0.29) is 23.8 Å². The summed E-state index contributed by atoms with van der Waals surface area (Å²) in [5.74, 6) is -0.588. The molecule has 0 atom stereocenters. The number of aryl methyl sites for hydroxylation is 1. The predicted molar refractivity (Wildman–Crippen MR) is 77.5 cm³/mol. The third kappa shape index (κ3) is 2.95. The van der Waals surface area contributed by atoms with Crippen molar-refractivity contribution in [3.05, 3.63) is 46.5 Å². The van der Waals surface area contributed by atoms with Gasteiger partial charge in [0.05, 0.1) is 17.8 Å². The van der Waals surface area contributed by atoms with Crippen LogP contribution in [0.2, 0.25) is 0 Å². The Morgan fingerprint density at radius 2 is 2.33 bits per heavy atom. The highest BCUT2D eigenvalue weighted by Gasteiger charge is 2.17. The van der Waals surface area contributed by atoms with Crippen molar-refractivity contribution >= 4 is 11.6 Å². The van der Waals surface area contributed by atoms with E-state index in [4.69, 9.17) is 0 Å². The lowest BCUT2D eigenvalue weighted by Crippen LogP contribution is -2.25. The van der Waals surface area contributed by atoms with Crippen molar-refractivity contribution in [2.45, 2.75) is 26.3 Å². The second-order valence-corrected chi connectivity index (χ2v) is 5.26. The number of aromatic nitrogens is 2. The number of anilines is 1. The Bertz CT molecular complexity index is 680. The van der Waals surface area contributed by atoms with Crippen molar-refractivity contribution in [2.75, 3.05) is 11.9 Å². The molecule has 2 heterocycles. The van der Waals surface area contributed by atoms with Crippen LogP contribution < -0.4 is 10.6 Å². The molecule has 0 unspecified atom stereocenters. The lowest BCUT2D eigenvalue weighted by atomic mass is 9.99. The zero-order valence-corrected chi connectivity index (χ0v) is 11.8. The van der Waals surface area contributed by atoms with Crippen molar-refractivity contribution < 1.29 is 9.18 Å². The van der Waals surface area contributed by atoms with Gasteiger partial charge >= 0.3 is 0 Å². The monoisotopic (exact) mass is 288 g/mol. The molecule has 3 N–H and O–H groups in total. The molecule has 1 amide bonds. The number of halogens is 1. The Morgan fingerprint density at radius 1 is 1.48 bits per heavy atom. The van der Waals surface area contributed by atoms with Gasteiger partial charge in [0.2, 0.25) is 5.91 Å². The Kier molecular flexibility index (Phi) is 3.70. The SMILES string of the molecule is Cc1cc(CC(=O)Nc2ccc3c(c2F)CCNC3)n[nH]1. The molecule has 0 saturated heterocycles. The van der Waals surface area contributed by atoms with Gasteiger partial charge in [0.1, 0.15) is 5.82 Å². The average molecular weight is 288 g/mol. The van der Waals surface area contributed by atoms with Gasteiger partial charge in [0.25, 0.3) is 0 Å². The van der Waals surface area contributed by atoms with E-state index < -0.39 is 0 Å². The molecule has 2 aromatic rings. The molecule has 21 heavy (non-hydrogen) atoms. The van der Waals surface area contributed by atoms with E-state index >= 15 is 0 Å². The zero-order chi connectivity index (χ0) is 14.8. The second kappa shape index (κ2) is 5.65. The summed E-state index contributed by atoms with van der Waals surface area (Å²) in [4.78, 5) is 12.0. The van der Waals surface area contributed by atoms with Gasteiger partial charge in [0, 0.05) is 12.2 Å². The van der Waals surface area contributed by atoms with Crippen molar-refractivity contribution in [2.24, 2.45) is 0 Å². The smallest absolute Gasteiger partial charge is 0.230 e. The number of nitrogens with one attached hydrogen (secondary N) is 3. The van der Waals surface area contributed by atoms with Gasteiger partial charge in [-0.3, -0.25) is 9.89 Å². The van der Waals surface area contributed by atoms with Crippen LogP contribution in [-0.4, -0.2) is 22.6 Å². The van der Waals surface area contributed by atoms with E-state index in [0.29, 0.717) is 24.2 Å². The number of aromatic amines is 1. The molecule has 6 heteroatoms. The molecule has 0 bridgehead atoms. The van der Waals surface area contributed by atoms with E-state index in [0.717, 1.165) is 17.8 Å². The van der Waals surface area contributed by atoms with Gasteiger partial charge in [-0.25, -0.2) is 4.39 Å². The third-order valence-corrected chi connectivity index (χ3v) is 3.58. The normalized spacial score (nSPS) is 13.8. The number of rotatable bonds is 3. The summed E-state index contributed by atoms with van der Waals surface area (Å²) in [5, 5.41) is 12.6. The molecular weight excluding hydrogens is 271 g/mol. The summed E-state index contributed by atoms with van der Waals surface area (Å²) in [5.41, 5.74) is 3.44. The van der Waals surface area contributed by atoms with Gasteiger partial charge in [-0.15, -0.1) is 0 Å². The molecule has 0 radical (unpaired) electrons. The number of fused-ring (bicyclic) bond motifs is 1. The van der Waals surface area contributed by atoms with Crippen LogP contribution in [0.1, 0.15) is 22.5 Å². The average Bonchev–Trinajstić information content (AvgIpc) is 2.87. The topological polar surface area (TPSA) is 69.8 Å². The molecule has 0 fully saturated rings. The largest absolute Gasteiger partial charge is 0.323 e. The fourth-order valence-corrected chi connectivity index (χ4v) is 2.55. The maximum atomic E-state index is 14.4. The fraction of sp³-hybridized carbons (Fsp3) is 0.333. The number of nitrogens with zero attached hydrogens (tertiary/aromatic N) is 1. The van der Waals surface area contributed by atoms with Gasteiger partial charge in [-0.05, 0) is 43.1 Å². The molecule has 1 aromatic carbocycles. The Labute approximate surface area is 121 Å². The van der Waals surface area contributed by atoms with Crippen molar-refractivity contribution in [3.63, 3.8) is 0 Å². The Hall–Kier alpha value is -2.21. The summed E-state index contributed by atoms with van der Waals surface area (Å²) in [6.45, 7) is 3.30. The van der Waals surface area contributed by atoms with Crippen LogP contribution in [0.5, 0.6) is 0 Å². The van der Waals surface area contributed by atoms with Gasteiger partial charge < -0.3 is 10.6 Å². The van der Waals surface area contributed by atoms with E-state index in [1.165, 1.54) is 0 Å². The van der Waals surface area contributed by atoms with Crippen molar-refractivity contribution in [1.29, 1.82) is 0 Å². The van der Waals surface area contributed by atoms with Crippen LogP contribution in [0.25, 0.3) is 0 Å². The van der Waals surface area contributed by atoms with Gasteiger partial charge in [-0.2, -0.15) is 5.10 Å². The molecular formula is C15H17FN4O. The molecule has 0 saturated carbocycles. The molecule has 0 aliphatic carbocycles. The summed E-state index contributed by atoms with van der Waals surface area (Å²) >= 11 is 0. The lowest BCUT2D eigenvalue weighted by Gasteiger charge is -2.19. The molecule has 3 rings (SSSR count). The highest BCUT2D eigenvalue weighted by molar-refractivity contribution is 5.92.